The van der Waals surface area contributed by atoms with Gasteiger partial charge in [0, 0.05) is 19.3 Å². The predicted molar refractivity (Wildman–Crippen MR) is 76.6 cm³/mol. The molecule has 4 heteroatoms. The van der Waals surface area contributed by atoms with E-state index >= 15 is 0 Å². The van der Waals surface area contributed by atoms with Crippen LogP contribution >= 0.6 is 0 Å². The van der Waals surface area contributed by atoms with E-state index in [-0.39, 0.29) is 0 Å². The fraction of sp³-hybridized carbons (Fsp3) is 0.929. The van der Waals surface area contributed by atoms with Gasteiger partial charge in [-0.05, 0) is 12.8 Å². The average molecular weight is 255 g/mol. The molecule has 1 aliphatic rings. The van der Waals surface area contributed by atoms with Gasteiger partial charge in [0.25, 0.3) is 0 Å². The van der Waals surface area contributed by atoms with E-state index in [0.29, 0.717) is 0 Å². The van der Waals surface area contributed by atoms with Crippen molar-refractivity contribution in [1.29, 1.82) is 0 Å². The number of nitrogens with one attached hydrogen (secondary N) is 1. The molecular formula is C14H29N3O. The number of hydrogen-bond donors (Lipinski definition) is 1. The van der Waals surface area contributed by atoms with Crippen LogP contribution in [0.4, 0.5) is 0 Å². The summed E-state index contributed by atoms with van der Waals surface area (Å²) in [6.07, 6.45) is 12.6. The van der Waals surface area contributed by atoms with Gasteiger partial charge >= 0.3 is 0 Å². The molecule has 1 heterocycles. The smallest absolute Gasteiger partial charge is 0.0613 e. The summed E-state index contributed by atoms with van der Waals surface area (Å²) in [5.41, 5.74) is 3.06. The summed E-state index contributed by atoms with van der Waals surface area (Å²) in [6.45, 7) is 5.72. The lowest BCUT2D eigenvalue weighted by atomic mass is 10.1. The average Bonchev–Trinajstić information content (AvgIpc) is 2.42. The van der Waals surface area contributed by atoms with Crippen LogP contribution < -0.4 is 5.53 Å². The Balaban J connectivity index is 1.82. The molecule has 0 radical (unpaired) electrons. The molecule has 0 atom stereocenters. The summed E-state index contributed by atoms with van der Waals surface area (Å²) in [5, 5.41) is 6.34. The fourth-order valence-electron chi connectivity index (χ4n) is 2.04. The first-order valence-corrected chi connectivity index (χ1v) is 7.53. The Morgan fingerprint density at radius 3 is 2.44 bits per heavy atom. The molecule has 18 heavy (non-hydrogen) atoms. The van der Waals surface area contributed by atoms with E-state index < -0.39 is 0 Å². The molecule has 1 fully saturated rings. The van der Waals surface area contributed by atoms with Crippen molar-refractivity contribution < 1.29 is 4.74 Å². The number of unbranched alkanes of at least 4 members (excludes halogenated alkanes) is 7. The third kappa shape index (κ3) is 8.48. The number of morpholine rings is 1. The minimum atomic E-state index is 0.806. The zero-order valence-corrected chi connectivity index (χ0v) is 11.9. The SMILES string of the molecule is CCCCCCCCCC=NNN1CCOCC1. The Kier molecular flexibility index (Phi) is 9.85. The number of nitrogens with zero attached hydrogens (tertiary/aromatic N) is 2. The van der Waals surface area contributed by atoms with Gasteiger partial charge in [0.15, 0.2) is 0 Å². The van der Waals surface area contributed by atoms with E-state index in [0.717, 1.165) is 32.7 Å². The van der Waals surface area contributed by atoms with Crippen molar-refractivity contribution in [3.63, 3.8) is 0 Å². The van der Waals surface area contributed by atoms with E-state index in [1.54, 1.807) is 0 Å². The second-order valence-electron chi connectivity index (χ2n) is 4.92. The first-order valence-electron chi connectivity index (χ1n) is 7.53. The maximum Gasteiger partial charge on any atom is 0.0613 e. The maximum atomic E-state index is 5.27. The third-order valence-corrected chi connectivity index (χ3v) is 3.24. The van der Waals surface area contributed by atoms with Crippen molar-refractivity contribution >= 4 is 6.21 Å². The minimum absolute atomic E-state index is 0.806. The lowest BCUT2D eigenvalue weighted by molar-refractivity contribution is 0.0127. The quantitative estimate of drug-likeness (QED) is 0.370. The summed E-state index contributed by atoms with van der Waals surface area (Å²) in [6, 6.07) is 0. The standard InChI is InChI=1S/C14H29N3O/c1-2-3-4-5-6-7-8-9-10-15-16-17-11-13-18-14-12-17/h10,16H,2-9,11-14H2,1H3. The molecule has 1 rings (SSSR count). The lowest BCUT2D eigenvalue weighted by Gasteiger charge is -2.25. The number of ether oxygens (including phenoxy) is 1. The van der Waals surface area contributed by atoms with E-state index in [1.807, 2.05) is 6.21 Å². The van der Waals surface area contributed by atoms with Crippen molar-refractivity contribution in [3.8, 4) is 0 Å². The monoisotopic (exact) mass is 255 g/mol. The highest BCUT2D eigenvalue weighted by atomic mass is 16.5. The van der Waals surface area contributed by atoms with Gasteiger partial charge in [-0.15, -0.1) is 0 Å². The number of hydrogen-bond acceptors (Lipinski definition) is 4. The Labute approximate surface area is 112 Å². The Morgan fingerprint density at radius 2 is 1.72 bits per heavy atom. The molecule has 0 amide bonds. The minimum Gasteiger partial charge on any atom is -0.379 e. The largest absolute Gasteiger partial charge is 0.379 e. The van der Waals surface area contributed by atoms with Gasteiger partial charge in [0.2, 0.25) is 0 Å². The summed E-state index contributed by atoms with van der Waals surface area (Å²) in [4.78, 5) is 0. The van der Waals surface area contributed by atoms with Gasteiger partial charge in [0.1, 0.15) is 0 Å². The van der Waals surface area contributed by atoms with Crippen LogP contribution in [0.15, 0.2) is 5.10 Å². The van der Waals surface area contributed by atoms with Crippen LogP contribution in [0.25, 0.3) is 0 Å². The second kappa shape index (κ2) is 11.5. The van der Waals surface area contributed by atoms with E-state index in [2.05, 4.69) is 22.6 Å². The van der Waals surface area contributed by atoms with Crippen molar-refractivity contribution in [2.45, 2.75) is 58.3 Å². The highest BCUT2D eigenvalue weighted by Crippen LogP contribution is 2.07. The molecule has 4 nitrogen and oxygen atoms in total. The van der Waals surface area contributed by atoms with Crippen LogP contribution in [0.3, 0.4) is 0 Å². The summed E-state index contributed by atoms with van der Waals surface area (Å²) in [7, 11) is 0. The van der Waals surface area contributed by atoms with Crippen molar-refractivity contribution in [1.82, 2.24) is 10.5 Å². The van der Waals surface area contributed by atoms with Crippen LogP contribution in [0.2, 0.25) is 0 Å². The van der Waals surface area contributed by atoms with Crippen LogP contribution in [-0.4, -0.2) is 37.5 Å². The van der Waals surface area contributed by atoms with E-state index in [1.165, 1.54) is 44.9 Å². The Morgan fingerprint density at radius 1 is 1.06 bits per heavy atom. The Bertz CT molecular complexity index is 203. The zero-order chi connectivity index (χ0) is 12.9. The number of rotatable bonds is 10. The second-order valence-corrected chi connectivity index (χ2v) is 4.92. The van der Waals surface area contributed by atoms with Gasteiger partial charge < -0.3 is 4.74 Å². The highest BCUT2D eigenvalue weighted by molar-refractivity contribution is 5.56. The predicted octanol–water partition coefficient (Wildman–Crippen LogP) is 2.95. The van der Waals surface area contributed by atoms with Gasteiger partial charge in [-0.3, -0.25) is 0 Å². The molecule has 0 aliphatic carbocycles. The summed E-state index contributed by atoms with van der Waals surface area (Å²) >= 11 is 0. The molecule has 106 valence electrons. The van der Waals surface area contributed by atoms with Gasteiger partial charge in [0.05, 0.1) is 13.2 Å². The molecule has 0 aromatic carbocycles. The first kappa shape index (κ1) is 15.4. The molecular weight excluding hydrogens is 226 g/mol. The summed E-state index contributed by atoms with van der Waals surface area (Å²) < 4.78 is 5.27. The molecule has 0 aromatic rings. The lowest BCUT2D eigenvalue weighted by Crippen LogP contribution is -2.43. The molecule has 0 aromatic heterocycles. The normalized spacial score (nSPS) is 17.4. The van der Waals surface area contributed by atoms with Crippen molar-refractivity contribution in [2.75, 3.05) is 26.3 Å². The summed E-state index contributed by atoms with van der Waals surface area (Å²) in [5.74, 6) is 0. The topological polar surface area (TPSA) is 36.9 Å². The number of hydrazine groups is 1. The van der Waals surface area contributed by atoms with Crippen molar-refractivity contribution in [3.05, 3.63) is 0 Å². The molecule has 1 aliphatic heterocycles. The highest BCUT2D eigenvalue weighted by Gasteiger charge is 2.07. The molecule has 0 bridgehead atoms. The fourth-order valence-corrected chi connectivity index (χ4v) is 2.04. The van der Waals surface area contributed by atoms with Crippen LogP contribution in [0.5, 0.6) is 0 Å². The zero-order valence-electron chi connectivity index (χ0n) is 11.9. The van der Waals surface area contributed by atoms with E-state index in [9.17, 15) is 0 Å². The van der Waals surface area contributed by atoms with Crippen LogP contribution in [0.1, 0.15) is 58.3 Å². The van der Waals surface area contributed by atoms with Crippen molar-refractivity contribution in [2.24, 2.45) is 5.10 Å². The third-order valence-electron chi connectivity index (χ3n) is 3.24. The molecule has 1 N–H and O–H groups in total. The molecule has 1 saturated heterocycles. The van der Waals surface area contributed by atoms with Crippen LogP contribution in [-0.2, 0) is 4.74 Å². The first-order chi connectivity index (χ1) is 8.93. The molecule has 0 unspecified atom stereocenters. The number of hydrazone groups is 1. The van der Waals surface area contributed by atoms with Gasteiger partial charge in [-0.2, -0.15) is 5.10 Å². The van der Waals surface area contributed by atoms with Gasteiger partial charge in [-0.1, -0.05) is 45.4 Å². The Hall–Kier alpha value is -0.610. The molecule has 0 saturated carbocycles. The van der Waals surface area contributed by atoms with E-state index in [4.69, 9.17) is 4.74 Å². The van der Waals surface area contributed by atoms with Gasteiger partial charge in [-0.25, -0.2) is 10.5 Å². The van der Waals surface area contributed by atoms with Crippen LogP contribution in [0, 0.1) is 0 Å². The maximum absolute atomic E-state index is 5.27. The molecule has 0 spiro atoms.